The van der Waals surface area contributed by atoms with Crippen molar-refractivity contribution < 1.29 is 4.79 Å². The lowest BCUT2D eigenvalue weighted by atomic mass is 9.78. The van der Waals surface area contributed by atoms with Crippen LogP contribution in [0.15, 0.2) is 30.3 Å². The summed E-state index contributed by atoms with van der Waals surface area (Å²) in [6, 6.07) is 10.4. The molecular formula is C20H31N3O. The fourth-order valence-electron chi connectivity index (χ4n) is 4.48. The third kappa shape index (κ3) is 4.17. The number of amides is 1. The Morgan fingerprint density at radius 3 is 2.71 bits per heavy atom. The zero-order valence-corrected chi connectivity index (χ0v) is 14.9. The van der Waals surface area contributed by atoms with Gasteiger partial charge >= 0.3 is 0 Å². The molecule has 1 saturated carbocycles. The molecule has 4 heteroatoms. The van der Waals surface area contributed by atoms with Crippen molar-refractivity contribution in [3.63, 3.8) is 0 Å². The number of rotatable bonds is 5. The zero-order valence-electron chi connectivity index (χ0n) is 14.9. The van der Waals surface area contributed by atoms with Crippen molar-refractivity contribution in [1.29, 1.82) is 0 Å². The van der Waals surface area contributed by atoms with Crippen LogP contribution in [0.5, 0.6) is 0 Å². The van der Waals surface area contributed by atoms with Crippen LogP contribution in [0, 0.1) is 5.92 Å². The molecule has 4 nitrogen and oxygen atoms in total. The number of hydrogen-bond donors (Lipinski definition) is 1. The van der Waals surface area contributed by atoms with E-state index in [1.807, 2.05) is 25.2 Å². The van der Waals surface area contributed by atoms with Crippen LogP contribution in [0.2, 0.25) is 0 Å². The minimum atomic E-state index is -0.417. The van der Waals surface area contributed by atoms with Crippen molar-refractivity contribution in [1.82, 2.24) is 9.80 Å². The van der Waals surface area contributed by atoms with Gasteiger partial charge in [0.05, 0.1) is 6.04 Å². The third-order valence-corrected chi connectivity index (χ3v) is 5.65. The molecule has 2 N–H and O–H groups in total. The second-order valence-electron chi connectivity index (χ2n) is 7.57. The van der Waals surface area contributed by atoms with Gasteiger partial charge in [-0.15, -0.1) is 0 Å². The van der Waals surface area contributed by atoms with Gasteiger partial charge in [-0.05, 0) is 44.2 Å². The van der Waals surface area contributed by atoms with E-state index in [0.29, 0.717) is 18.5 Å². The normalized spacial score (nSPS) is 25.4. The second-order valence-corrected chi connectivity index (χ2v) is 7.57. The fourth-order valence-corrected chi connectivity index (χ4v) is 4.48. The van der Waals surface area contributed by atoms with Crippen LogP contribution in [-0.4, -0.2) is 47.9 Å². The highest BCUT2D eigenvalue weighted by atomic mass is 16.2. The topological polar surface area (TPSA) is 49.6 Å². The number of carbonyl (C=O) groups is 1. The van der Waals surface area contributed by atoms with Gasteiger partial charge in [-0.25, -0.2) is 0 Å². The maximum atomic E-state index is 12.9. The van der Waals surface area contributed by atoms with Crippen LogP contribution in [-0.2, 0) is 11.3 Å². The Morgan fingerprint density at radius 1 is 1.21 bits per heavy atom. The Balaban J connectivity index is 1.55. The van der Waals surface area contributed by atoms with Crippen molar-refractivity contribution >= 4 is 5.91 Å². The molecule has 1 aromatic carbocycles. The van der Waals surface area contributed by atoms with Gasteiger partial charge in [0.1, 0.15) is 0 Å². The quantitative estimate of drug-likeness (QED) is 0.903. The fraction of sp³-hybridized carbons (Fsp3) is 0.650. The molecule has 2 aliphatic rings. The number of nitrogens with zero attached hydrogens (tertiary/aromatic N) is 2. The Kier molecular flexibility index (Phi) is 5.90. The minimum Gasteiger partial charge on any atom is -0.338 e. The van der Waals surface area contributed by atoms with Crippen LogP contribution in [0.25, 0.3) is 0 Å². The van der Waals surface area contributed by atoms with E-state index >= 15 is 0 Å². The summed E-state index contributed by atoms with van der Waals surface area (Å²) in [5, 5.41) is 0. The SMILES string of the molecule is CN(Cc1ccccc1)C[C@@H](N)C(=O)N1CCC[C@H]2CCCC[C@@H]21. The van der Waals surface area contributed by atoms with E-state index in [9.17, 15) is 4.79 Å². The largest absolute Gasteiger partial charge is 0.338 e. The molecule has 1 aliphatic heterocycles. The molecule has 0 spiro atoms. The number of likely N-dealkylation sites (tertiary alicyclic amines) is 1. The maximum absolute atomic E-state index is 12.9. The average Bonchev–Trinajstić information content (AvgIpc) is 2.61. The Hall–Kier alpha value is -1.39. The molecular weight excluding hydrogens is 298 g/mol. The summed E-state index contributed by atoms with van der Waals surface area (Å²) < 4.78 is 0. The first-order valence-corrected chi connectivity index (χ1v) is 9.43. The highest BCUT2D eigenvalue weighted by molar-refractivity contribution is 5.82. The smallest absolute Gasteiger partial charge is 0.241 e. The summed E-state index contributed by atoms with van der Waals surface area (Å²) in [6.45, 7) is 2.34. The number of benzene rings is 1. The van der Waals surface area contributed by atoms with Gasteiger partial charge in [0.2, 0.25) is 5.91 Å². The number of piperidine rings is 1. The molecule has 0 unspecified atom stereocenters. The molecule has 3 rings (SSSR count). The van der Waals surface area contributed by atoms with Crippen LogP contribution < -0.4 is 5.73 Å². The zero-order chi connectivity index (χ0) is 16.9. The molecule has 0 radical (unpaired) electrons. The van der Waals surface area contributed by atoms with E-state index in [1.165, 1.54) is 37.7 Å². The van der Waals surface area contributed by atoms with E-state index in [0.717, 1.165) is 19.5 Å². The van der Waals surface area contributed by atoms with Crippen molar-refractivity contribution in [3.05, 3.63) is 35.9 Å². The van der Waals surface area contributed by atoms with Crippen LogP contribution in [0.4, 0.5) is 0 Å². The lowest BCUT2D eigenvalue weighted by Crippen LogP contribution is -2.56. The van der Waals surface area contributed by atoms with Crippen molar-refractivity contribution in [2.45, 2.75) is 57.2 Å². The summed E-state index contributed by atoms with van der Waals surface area (Å²) in [5.74, 6) is 0.872. The van der Waals surface area contributed by atoms with Crippen molar-refractivity contribution in [2.24, 2.45) is 11.7 Å². The van der Waals surface area contributed by atoms with Gasteiger partial charge in [-0.3, -0.25) is 4.79 Å². The molecule has 1 aliphatic carbocycles. The number of fused-ring (bicyclic) bond motifs is 1. The molecule has 0 aromatic heterocycles. The number of carbonyl (C=O) groups excluding carboxylic acids is 1. The average molecular weight is 329 g/mol. The van der Waals surface area contributed by atoms with Gasteiger partial charge in [0.25, 0.3) is 0 Å². The number of likely N-dealkylation sites (N-methyl/N-ethyl adjacent to an activating group) is 1. The molecule has 24 heavy (non-hydrogen) atoms. The molecule has 1 saturated heterocycles. The molecule has 1 heterocycles. The molecule has 2 fully saturated rings. The van der Waals surface area contributed by atoms with Crippen LogP contribution >= 0.6 is 0 Å². The third-order valence-electron chi connectivity index (χ3n) is 5.65. The number of hydrogen-bond acceptors (Lipinski definition) is 3. The van der Waals surface area contributed by atoms with E-state index in [2.05, 4.69) is 21.9 Å². The Labute approximate surface area is 146 Å². The van der Waals surface area contributed by atoms with E-state index < -0.39 is 6.04 Å². The van der Waals surface area contributed by atoms with E-state index in [-0.39, 0.29) is 5.91 Å². The standard InChI is InChI=1S/C20H31N3O/c1-22(14-16-8-3-2-4-9-16)15-18(21)20(24)23-13-7-11-17-10-5-6-12-19(17)23/h2-4,8-9,17-19H,5-7,10-15,21H2,1H3/t17-,18-,19+/m1/s1. The van der Waals surface area contributed by atoms with Crippen molar-refractivity contribution in [2.75, 3.05) is 20.1 Å². The first kappa shape index (κ1) is 17.4. The highest BCUT2D eigenvalue weighted by Crippen LogP contribution is 2.35. The monoisotopic (exact) mass is 329 g/mol. The van der Waals surface area contributed by atoms with E-state index in [1.54, 1.807) is 0 Å². The summed E-state index contributed by atoms with van der Waals surface area (Å²) in [5.41, 5.74) is 7.55. The summed E-state index contributed by atoms with van der Waals surface area (Å²) in [6.07, 6.45) is 7.47. The Morgan fingerprint density at radius 2 is 1.92 bits per heavy atom. The van der Waals surface area contributed by atoms with Crippen LogP contribution in [0.3, 0.4) is 0 Å². The predicted molar refractivity (Wildman–Crippen MR) is 97.4 cm³/mol. The molecule has 0 bridgehead atoms. The summed E-state index contributed by atoms with van der Waals surface area (Å²) in [7, 11) is 2.04. The molecule has 132 valence electrons. The van der Waals surface area contributed by atoms with Crippen molar-refractivity contribution in [3.8, 4) is 0 Å². The molecule has 1 aromatic rings. The summed E-state index contributed by atoms with van der Waals surface area (Å²) >= 11 is 0. The minimum absolute atomic E-state index is 0.159. The van der Waals surface area contributed by atoms with Gasteiger partial charge in [0.15, 0.2) is 0 Å². The van der Waals surface area contributed by atoms with Gasteiger partial charge in [-0.1, -0.05) is 43.2 Å². The van der Waals surface area contributed by atoms with Gasteiger partial charge < -0.3 is 15.5 Å². The number of nitrogens with two attached hydrogens (primary N) is 1. The predicted octanol–water partition coefficient (Wildman–Crippen LogP) is 2.63. The maximum Gasteiger partial charge on any atom is 0.241 e. The highest BCUT2D eigenvalue weighted by Gasteiger charge is 2.37. The van der Waals surface area contributed by atoms with E-state index in [4.69, 9.17) is 5.73 Å². The first-order chi connectivity index (χ1) is 11.6. The lowest BCUT2D eigenvalue weighted by Gasteiger charge is -2.45. The molecule has 3 atom stereocenters. The van der Waals surface area contributed by atoms with Gasteiger partial charge in [0, 0.05) is 25.7 Å². The van der Waals surface area contributed by atoms with Crippen LogP contribution in [0.1, 0.15) is 44.1 Å². The molecule has 1 amide bonds. The second kappa shape index (κ2) is 8.13. The lowest BCUT2D eigenvalue weighted by molar-refractivity contribution is -0.139. The first-order valence-electron chi connectivity index (χ1n) is 9.43. The Bertz CT molecular complexity index is 531. The van der Waals surface area contributed by atoms with Gasteiger partial charge in [-0.2, -0.15) is 0 Å². The summed E-state index contributed by atoms with van der Waals surface area (Å²) in [4.78, 5) is 17.2.